The number of aromatic hydroxyl groups is 1. The highest BCUT2D eigenvalue weighted by molar-refractivity contribution is 7.92. The Morgan fingerprint density at radius 3 is 2.37 bits per heavy atom. The highest BCUT2D eigenvalue weighted by Gasteiger charge is 2.44. The van der Waals surface area contributed by atoms with E-state index in [4.69, 9.17) is 11.5 Å². The number of hydrogen-bond acceptors (Lipinski definition) is 8. The van der Waals surface area contributed by atoms with Gasteiger partial charge in [-0.25, -0.2) is 13.4 Å². The minimum absolute atomic E-state index is 0.0466. The molecule has 9 nitrogen and oxygen atoms in total. The average molecular weight is 429 g/mol. The number of sulfonamides is 1. The Balaban J connectivity index is 1.79. The van der Waals surface area contributed by atoms with Crippen molar-refractivity contribution in [1.29, 1.82) is 0 Å². The van der Waals surface area contributed by atoms with E-state index >= 15 is 0 Å². The van der Waals surface area contributed by atoms with Crippen LogP contribution in [0.15, 0.2) is 63.4 Å². The van der Waals surface area contributed by atoms with Gasteiger partial charge in [-0.2, -0.15) is 4.99 Å². The number of phenolic OH excluding ortho intramolecular Hbond substituents is 1. The van der Waals surface area contributed by atoms with Crippen molar-refractivity contribution in [2.75, 3.05) is 9.62 Å². The van der Waals surface area contributed by atoms with Crippen LogP contribution in [0.3, 0.4) is 0 Å². The van der Waals surface area contributed by atoms with Crippen molar-refractivity contribution in [1.82, 2.24) is 0 Å². The molecule has 30 heavy (non-hydrogen) atoms. The average Bonchev–Trinajstić information content (AvgIpc) is 2.70. The summed E-state index contributed by atoms with van der Waals surface area (Å²) in [6.07, 6.45) is 4.33. The van der Waals surface area contributed by atoms with E-state index in [0.29, 0.717) is 24.2 Å². The number of guanidine groups is 2. The van der Waals surface area contributed by atoms with Gasteiger partial charge in [0.1, 0.15) is 16.3 Å². The summed E-state index contributed by atoms with van der Waals surface area (Å²) in [6, 6.07) is 12.4. The Morgan fingerprint density at radius 1 is 1.00 bits per heavy atom. The van der Waals surface area contributed by atoms with Crippen LogP contribution in [0.1, 0.15) is 32.1 Å². The van der Waals surface area contributed by atoms with Crippen LogP contribution in [-0.4, -0.2) is 31.1 Å². The van der Waals surface area contributed by atoms with Crippen LogP contribution in [0.4, 0.5) is 11.4 Å². The van der Waals surface area contributed by atoms with Gasteiger partial charge < -0.3 is 16.6 Å². The zero-order chi connectivity index (χ0) is 21.4. The first-order valence-corrected chi connectivity index (χ1v) is 11.2. The van der Waals surface area contributed by atoms with Crippen LogP contribution in [0.25, 0.3) is 0 Å². The van der Waals surface area contributed by atoms with Crippen LogP contribution < -0.4 is 21.1 Å². The molecule has 0 aromatic heterocycles. The third kappa shape index (κ3) is 3.65. The monoisotopic (exact) mass is 428 g/mol. The number of nitrogens with zero attached hydrogens (tertiary/aromatic N) is 3. The fourth-order valence-corrected chi connectivity index (χ4v) is 5.33. The van der Waals surface area contributed by atoms with Gasteiger partial charge in [-0.1, -0.05) is 18.6 Å². The van der Waals surface area contributed by atoms with Gasteiger partial charge in [0.05, 0.1) is 5.69 Å². The molecule has 0 amide bonds. The zero-order valence-electron chi connectivity index (χ0n) is 16.3. The molecule has 10 heteroatoms. The first-order chi connectivity index (χ1) is 14.3. The van der Waals surface area contributed by atoms with E-state index in [1.807, 2.05) is 0 Å². The lowest BCUT2D eigenvalue weighted by atomic mass is 9.87. The van der Waals surface area contributed by atoms with E-state index in [1.54, 1.807) is 23.1 Å². The summed E-state index contributed by atoms with van der Waals surface area (Å²) in [4.78, 5) is 10.5. The van der Waals surface area contributed by atoms with Crippen LogP contribution in [-0.2, 0) is 10.0 Å². The summed E-state index contributed by atoms with van der Waals surface area (Å²) >= 11 is 0. The standard InChI is InChI=1S/C20H24N6O3S/c21-18-23-19(22)26(20(24-18)12-4-1-5-13-20)16-6-2-3-7-17(16)30(28,29)25-14-8-10-15(27)11-9-14/h2-3,6-11,25,27H,1,4-5,12-13H2,(H4,21,22,23,24). The van der Waals surface area contributed by atoms with Crippen molar-refractivity contribution in [2.24, 2.45) is 21.5 Å². The highest BCUT2D eigenvalue weighted by atomic mass is 32.2. The second kappa shape index (κ2) is 7.52. The molecule has 0 saturated heterocycles. The van der Waals surface area contributed by atoms with E-state index in [9.17, 15) is 13.5 Å². The molecule has 1 saturated carbocycles. The summed E-state index contributed by atoms with van der Waals surface area (Å²) in [7, 11) is -3.96. The molecule has 2 aliphatic rings. The van der Waals surface area contributed by atoms with Crippen LogP contribution in [0.5, 0.6) is 5.75 Å². The Kier molecular flexibility index (Phi) is 5.02. The molecule has 0 bridgehead atoms. The maximum absolute atomic E-state index is 13.3. The Morgan fingerprint density at radius 2 is 1.67 bits per heavy atom. The summed E-state index contributed by atoms with van der Waals surface area (Å²) in [5, 5.41) is 9.44. The molecule has 0 radical (unpaired) electrons. The maximum atomic E-state index is 13.3. The van der Waals surface area contributed by atoms with E-state index in [0.717, 1.165) is 19.3 Å². The molecular formula is C20H24N6O3S. The van der Waals surface area contributed by atoms with E-state index < -0.39 is 15.7 Å². The number of rotatable bonds is 4. The molecule has 1 aliphatic heterocycles. The van der Waals surface area contributed by atoms with Gasteiger partial charge in [0.15, 0.2) is 0 Å². The van der Waals surface area contributed by atoms with Crippen molar-refractivity contribution < 1.29 is 13.5 Å². The van der Waals surface area contributed by atoms with Crippen molar-refractivity contribution in [3.8, 4) is 5.75 Å². The lowest BCUT2D eigenvalue weighted by Crippen LogP contribution is -2.58. The van der Waals surface area contributed by atoms with Crippen molar-refractivity contribution >= 4 is 33.3 Å². The third-order valence-electron chi connectivity index (χ3n) is 5.37. The SMILES string of the molecule is NC1=NC2(CCCCC2)N(c2ccccc2S(=O)(=O)Nc2ccc(O)cc2)C(N)=N1. The summed E-state index contributed by atoms with van der Waals surface area (Å²) in [5.41, 5.74) is 12.1. The van der Waals surface area contributed by atoms with Crippen molar-refractivity contribution in [3.63, 3.8) is 0 Å². The number of hydrogen-bond donors (Lipinski definition) is 4. The number of nitrogens with two attached hydrogens (primary N) is 2. The number of para-hydroxylation sites is 1. The van der Waals surface area contributed by atoms with E-state index in [1.165, 1.54) is 30.3 Å². The van der Waals surface area contributed by atoms with Gasteiger partial charge in [-0.3, -0.25) is 9.62 Å². The first kappa shape index (κ1) is 20.0. The number of anilines is 2. The Bertz CT molecular complexity index is 1110. The quantitative estimate of drug-likeness (QED) is 0.550. The van der Waals surface area contributed by atoms with Crippen molar-refractivity contribution in [2.45, 2.75) is 42.7 Å². The number of benzene rings is 2. The molecule has 4 rings (SSSR count). The van der Waals surface area contributed by atoms with E-state index in [-0.39, 0.29) is 22.6 Å². The smallest absolute Gasteiger partial charge is 0.263 e. The third-order valence-corrected chi connectivity index (χ3v) is 6.80. The predicted molar refractivity (Wildman–Crippen MR) is 117 cm³/mol. The molecular weight excluding hydrogens is 404 g/mol. The first-order valence-electron chi connectivity index (χ1n) is 9.71. The Hall–Kier alpha value is -3.27. The summed E-state index contributed by atoms with van der Waals surface area (Å²) in [5.74, 6) is 0.273. The van der Waals surface area contributed by atoms with Crippen molar-refractivity contribution in [3.05, 3.63) is 48.5 Å². The topological polar surface area (TPSA) is 146 Å². The van der Waals surface area contributed by atoms with Gasteiger partial charge in [-0.15, -0.1) is 0 Å². The summed E-state index contributed by atoms with van der Waals surface area (Å²) < 4.78 is 29.1. The zero-order valence-corrected chi connectivity index (χ0v) is 17.1. The summed E-state index contributed by atoms with van der Waals surface area (Å²) in [6.45, 7) is 0. The van der Waals surface area contributed by atoms with Gasteiger partial charge in [0.25, 0.3) is 10.0 Å². The highest BCUT2D eigenvalue weighted by Crippen LogP contribution is 2.41. The second-order valence-electron chi connectivity index (χ2n) is 7.44. The molecule has 1 aliphatic carbocycles. The largest absolute Gasteiger partial charge is 0.508 e. The molecule has 6 N–H and O–H groups in total. The van der Waals surface area contributed by atoms with Crippen LogP contribution >= 0.6 is 0 Å². The molecule has 1 heterocycles. The second-order valence-corrected chi connectivity index (χ2v) is 9.09. The predicted octanol–water partition coefficient (Wildman–Crippen LogP) is 2.30. The molecule has 158 valence electrons. The van der Waals surface area contributed by atoms with Gasteiger partial charge >= 0.3 is 0 Å². The molecule has 2 aromatic carbocycles. The molecule has 2 aromatic rings. The van der Waals surface area contributed by atoms with Gasteiger partial charge in [0, 0.05) is 5.69 Å². The lowest BCUT2D eigenvalue weighted by molar-refractivity contribution is 0.305. The van der Waals surface area contributed by atoms with E-state index in [2.05, 4.69) is 14.7 Å². The molecule has 1 fully saturated rings. The molecule has 0 atom stereocenters. The van der Waals surface area contributed by atoms with Gasteiger partial charge in [0.2, 0.25) is 11.9 Å². The van der Waals surface area contributed by atoms with Crippen LogP contribution in [0.2, 0.25) is 0 Å². The minimum atomic E-state index is -3.96. The minimum Gasteiger partial charge on any atom is -0.508 e. The van der Waals surface area contributed by atoms with Gasteiger partial charge in [-0.05, 0) is 62.1 Å². The fraction of sp³-hybridized carbons (Fsp3) is 0.300. The maximum Gasteiger partial charge on any atom is 0.263 e. The lowest BCUT2D eigenvalue weighted by Gasteiger charge is -2.46. The molecule has 0 unspecified atom stereocenters. The fourth-order valence-electron chi connectivity index (χ4n) is 4.08. The van der Waals surface area contributed by atoms with Crippen LogP contribution in [0, 0.1) is 0 Å². The number of nitrogens with one attached hydrogen (secondary N) is 1. The number of phenols is 1. The normalized spacial score (nSPS) is 18.6. The molecule has 1 spiro atoms. The number of aliphatic imine (C=N–C) groups is 2. The Labute approximate surface area is 175 Å².